The number of hydrogen-bond donors (Lipinski definition) is 2. The van der Waals surface area contributed by atoms with Crippen LogP contribution >= 0.6 is 11.6 Å². The summed E-state index contributed by atoms with van der Waals surface area (Å²) in [6.45, 7) is 8.37. The fourth-order valence-electron chi connectivity index (χ4n) is 3.31. The Balaban J connectivity index is 1.72. The Labute approximate surface area is 171 Å². The molecule has 1 aromatic carbocycles. The Kier molecular flexibility index (Phi) is 6.92. The molecule has 0 spiro atoms. The van der Waals surface area contributed by atoms with Crippen LogP contribution in [0.3, 0.4) is 0 Å². The molecule has 2 heterocycles. The normalized spacial score (nSPS) is 14.9. The monoisotopic (exact) mass is 401 g/mol. The quantitative estimate of drug-likeness (QED) is 0.709. The van der Waals surface area contributed by atoms with Crippen LogP contribution in [0.5, 0.6) is 0 Å². The topological polar surface area (TPSA) is 63.2 Å². The van der Waals surface area contributed by atoms with Gasteiger partial charge >= 0.3 is 0 Å². The number of aryl methyl sites for hydroxylation is 1. The second-order valence-corrected chi connectivity index (χ2v) is 8.07. The van der Waals surface area contributed by atoms with Gasteiger partial charge in [0.2, 0.25) is 0 Å². The van der Waals surface area contributed by atoms with E-state index >= 15 is 0 Å². The second kappa shape index (κ2) is 9.39. The highest BCUT2D eigenvalue weighted by Crippen LogP contribution is 2.26. The number of hydrogen-bond acceptors (Lipinski definition) is 4. The van der Waals surface area contributed by atoms with Gasteiger partial charge in [-0.15, -0.1) is 0 Å². The number of nitrogens with one attached hydrogen (secondary N) is 2. The van der Waals surface area contributed by atoms with E-state index in [1.54, 1.807) is 6.20 Å². The molecule has 1 amide bonds. The van der Waals surface area contributed by atoms with Crippen molar-refractivity contribution in [1.82, 2.24) is 10.3 Å². The number of aromatic nitrogens is 1. The Hall–Kier alpha value is -2.11. The van der Waals surface area contributed by atoms with Crippen molar-refractivity contribution in [2.45, 2.75) is 39.5 Å². The van der Waals surface area contributed by atoms with Crippen LogP contribution in [0, 0.1) is 12.8 Å². The van der Waals surface area contributed by atoms with E-state index in [1.165, 1.54) is 0 Å². The Morgan fingerprint density at radius 1 is 1.29 bits per heavy atom. The number of benzene rings is 1. The van der Waals surface area contributed by atoms with Gasteiger partial charge in [-0.3, -0.25) is 4.79 Å². The highest BCUT2D eigenvalue weighted by Gasteiger charge is 2.19. The lowest BCUT2D eigenvalue weighted by molar-refractivity contribution is 0.0642. The summed E-state index contributed by atoms with van der Waals surface area (Å²) in [7, 11) is 0. The van der Waals surface area contributed by atoms with Gasteiger partial charge in [-0.25, -0.2) is 4.98 Å². The summed E-state index contributed by atoms with van der Waals surface area (Å²) in [5.74, 6) is 1.33. The van der Waals surface area contributed by atoms with Crippen molar-refractivity contribution in [1.29, 1.82) is 0 Å². The molecule has 2 N–H and O–H groups in total. The van der Waals surface area contributed by atoms with Gasteiger partial charge in [0.25, 0.3) is 5.91 Å². The first-order valence-electron chi connectivity index (χ1n) is 9.83. The van der Waals surface area contributed by atoms with Gasteiger partial charge in [-0.05, 0) is 60.9 Å². The minimum absolute atomic E-state index is 0.0624. The van der Waals surface area contributed by atoms with Gasteiger partial charge in [0.05, 0.1) is 5.56 Å². The number of carbonyl (C=O) groups excluding carboxylic acids is 1. The molecule has 0 aliphatic carbocycles. The molecular weight excluding hydrogens is 374 g/mol. The first kappa shape index (κ1) is 20.6. The first-order valence-corrected chi connectivity index (χ1v) is 10.2. The van der Waals surface area contributed by atoms with Crippen LogP contribution in [0.2, 0.25) is 5.02 Å². The second-order valence-electron chi connectivity index (χ2n) is 7.67. The van der Waals surface area contributed by atoms with Crippen LogP contribution in [0.4, 0.5) is 11.5 Å². The highest BCUT2D eigenvalue weighted by molar-refractivity contribution is 6.31. The standard InChI is InChI=1S/C22H28ClN3O2/c1-14(2)18-11-21(26-17-5-4-15(3)20(23)10-17)24-13-19(18)22(27)25-12-16-6-8-28-9-7-16/h4-5,10-11,13-14,16H,6-9,12H2,1-3H3,(H,24,26)(H,25,27). The molecule has 2 aromatic rings. The molecule has 3 rings (SSSR count). The molecule has 1 fully saturated rings. The lowest BCUT2D eigenvalue weighted by Gasteiger charge is -2.22. The minimum Gasteiger partial charge on any atom is -0.381 e. The van der Waals surface area contributed by atoms with Gasteiger partial charge in [0.1, 0.15) is 5.82 Å². The lowest BCUT2D eigenvalue weighted by atomic mass is 9.97. The molecule has 0 saturated carbocycles. The summed E-state index contributed by atoms with van der Waals surface area (Å²) in [5, 5.41) is 7.06. The van der Waals surface area contributed by atoms with Gasteiger partial charge in [0.15, 0.2) is 0 Å². The number of pyridine rings is 1. The molecule has 150 valence electrons. The maximum atomic E-state index is 12.7. The maximum absolute atomic E-state index is 12.7. The molecule has 0 radical (unpaired) electrons. The van der Waals surface area contributed by atoms with Crippen LogP contribution in [-0.4, -0.2) is 30.6 Å². The lowest BCUT2D eigenvalue weighted by Crippen LogP contribution is -2.32. The van der Waals surface area contributed by atoms with E-state index in [2.05, 4.69) is 29.5 Å². The largest absolute Gasteiger partial charge is 0.381 e. The smallest absolute Gasteiger partial charge is 0.253 e. The summed E-state index contributed by atoms with van der Waals surface area (Å²) in [4.78, 5) is 17.2. The van der Waals surface area contributed by atoms with Gasteiger partial charge in [-0.2, -0.15) is 0 Å². The van der Waals surface area contributed by atoms with Gasteiger partial charge < -0.3 is 15.4 Å². The zero-order valence-electron chi connectivity index (χ0n) is 16.7. The zero-order valence-corrected chi connectivity index (χ0v) is 17.5. The van der Waals surface area contributed by atoms with Gasteiger partial charge in [-0.1, -0.05) is 31.5 Å². The van der Waals surface area contributed by atoms with Crippen molar-refractivity contribution in [3.05, 3.63) is 52.2 Å². The molecule has 6 heteroatoms. The third-order valence-corrected chi connectivity index (χ3v) is 5.55. The van der Waals surface area contributed by atoms with Crippen LogP contribution < -0.4 is 10.6 Å². The Bertz CT molecular complexity index is 833. The number of ether oxygens (including phenoxy) is 1. The first-order chi connectivity index (χ1) is 13.4. The number of anilines is 2. The number of halogens is 1. The predicted molar refractivity (Wildman–Crippen MR) is 114 cm³/mol. The number of rotatable bonds is 6. The fourth-order valence-corrected chi connectivity index (χ4v) is 3.49. The van der Waals surface area contributed by atoms with E-state index in [9.17, 15) is 4.79 Å². The zero-order chi connectivity index (χ0) is 20.1. The summed E-state index contributed by atoms with van der Waals surface area (Å²) in [5.41, 5.74) is 3.50. The van der Waals surface area contributed by atoms with Crippen molar-refractivity contribution in [3.8, 4) is 0 Å². The number of amides is 1. The van der Waals surface area contributed by atoms with E-state index in [0.29, 0.717) is 28.9 Å². The van der Waals surface area contributed by atoms with Crippen LogP contribution in [0.15, 0.2) is 30.5 Å². The third kappa shape index (κ3) is 5.24. The molecule has 0 bridgehead atoms. The van der Waals surface area contributed by atoms with Crippen LogP contribution in [0.25, 0.3) is 0 Å². The van der Waals surface area contributed by atoms with E-state index in [0.717, 1.165) is 42.9 Å². The van der Waals surface area contributed by atoms with Crippen molar-refractivity contribution in [2.24, 2.45) is 5.92 Å². The fraction of sp³-hybridized carbons (Fsp3) is 0.455. The highest BCUT2D eigenvalue weighted by atomic mass is 35.5. The number of carbonyl (C=O) groups is 1. The average Bonchev–Trinajstić information content (AvgIpc) is 2.69. The predicted octanol–water partition coefficient (Wildman–Crippen LogP) is 5.07. The average molecular weight is 402 g/mol. The molecule has 1 aromatic heterocycles. The van der Waals surface area contributed by atoms with Crippen LogP contribution in [-0.2, 0) is 4.74 Å². The molecule has 28 heavy (non-hydrogen) atoms. The molecule has 5 nitrogen and oxygen atoms in total. The molecule has 1 aliphatic rings. The van der Waals surface area contributed by atoms with E-state index in [4.69, 9.17) is 16.3 Å². The van der Waals surface area contributed by atoms with E-state index in [-0.39, 0.29) is 11.8 Å². The molecule has 0 atom stereocenters. The molecule has 1 saturated heterocycles. The summed E-state index contributed by atoms with van der Waals surface area (Å²) in [6.07, 6.45) is 3.65. The summed E-state index contributed by atoms with van der Waals surface area (Å²) < 4.78 is 5.38. The summed E-state index contributed by atoms with van der Waals surface area (Å²) >= 11 is 6.21. The van der Waals surface area contributed by atoms with Crippen LogP contribution in [0.1, 0.15) is 54.1 Å². The summed E-state index contributed by atoms with van der Waals surface area (Å²) in [6, 6.07) is 7.75. The molecule has 0 unspecified atom stereocenters. The van der Waals surface area contributed by atoms with Crippen molar-refractivity contribution in [2.75, 3.05) is 25.1 Å². The molecular formula is C22H28ClN3O2. The van der Waals surface area contributed by atoms with E-state index in [1.807, 2.05) is 31.2 Å². The van der Waals surface area contributed by atoms with Crippen molar-refractivity contribution >= 4 is 29.0 Å². The van der Waals surface area contributed by atoms with Gasteiger partial charge in [0, 0.05) is 36.7 Å². The van der Waals surface area contributed by atoms with Crippen molar-refractivity contribution < 1.29 is 9.53 Å². The Morgan fingerprint density at radius 3 is 2.71 bits per heavy atom. The number of nitrogens with zero attached hydrogens (tertiary/aromatic N) is 1. The molecule has 1 aliphatic heterocycles. The SMILES string of the molecule is Cc1ccc(Nc2cc(C(C)C)c(C(=O)NCC3CCOCC3)cn2)cc1Cl. The minimum atomic E-state index is -0.0624. The maximum Gasteiger partial charge on any atom is 0.253 e. The Morgan fingerprint density at radius 2 is 2.04 bits per heavy atom. The van der Waals surface area contributed by atoms with E-state index < -0.39 is 0 Å². The van der Waals surface area contributed by atoms with Crippen molar-refractivity contribution in [3.63, 3.8) is 0 Å². The third-order valence-electron chi connectivity index (χ3n) is 5.14.